The van der Waals surface area contributed by atoms with Crippen LogP contribution in [-0.4, -0.2) is 26.3 Å². The number of aryl methyl sites for hydroxylation is 1. The Labute approximate surface area is 187 Å². The Morgan fingerprint density at radius 1 is 1.23 bits per heavy atom. The third-order valence-electron chi connectivity index (χ3n) is 4.86. The van der Waals surface area contributed by atoms with Crippen molar-refractivity contribution in [2.75, 3.05) is 11.1 Å². The predicted molar refractivity (Wildman–Crippen MR) is 120 cm³/mol. The van der Waals surface area contributed by atoms with Gasteiger partial charge in [0.1, 0.15) is 11.6 Å². The number of ketones is 1. The van der Waals surface area contributed by atoms with Crippen LogP contribution in [0.5, 0.6) is 0 Å². The minimum Gasteiger partial charge on any atom is -0.467 e. The SMILES string of the molecule is Cc1cc(C(=O)CSc2nnc(NCc3ccco3)s2)c(C)n1Cc1ccc(F)cc1. The van der Waals surface area contributed by atoms with Gasteiger partial charge in [-0.1, -0.05) is 35.2 Å². The van der Waals surface area contributed by atoms with Crippen molar-refractivity contribution in [1.29, 1.82) is 0 Å². The largest absolute Gasteiger partial charge is 0.467 e. The molecule has 160 valence electrons. The number of aromatic nitrogens is 3. The molecule has 0 saturated carbocycles. The average Bonchev–Trinajstić information content (AvgIpc) is 3.50. The van der Waals surface area contributed by atoms with Gasteiger partial charge in [-0.15, -0.1) is 10.2 Å². The zero-order valence-corrected chi connectivity index (χ0v) is 18.7. The molecule has 0 aliphatic rings. The number of hydrogen-bond donors (Lipinski definition) is 1. The van der Waals surface area contributed by atoms with Crippen LogP contribution in [0, 0.1) is 19.7 Å². The summed E-state index contributed by atoms with van der Waals surface area (Å²) in [6.07, 6.45) is 1.63. The van der Waals surface area contributed by atoms with Crippen LogP contribution in [0.15, 0.2) is 57.5 Å². The molecule has 6 nitrogen and oxygen atoms in total. The van der Waals surface area contributed by atoms with Crippen LogP contribution in [-0.2, 0) is 13.1 Å². The predicted octanol–water partition coefficient (Wildman–Crippen LogP) is 5.32. The molecule has 0 aliphatic heterocycles. The van der Waals surface area contributed by atoms with Gasteiger partial charge in [-0.2, -0.15) is 0 Å². The topological polar surface area (TPSA) is 73.0 Å². The summed E-state index contributed by atoms with van der Waals surface area (Å²) in [4.78, 5) is 12.8. The van der Waals surface area contributed by atoms with Crippen molar-refractivity contribution in [3.8, 4) is 0 Å². The molecule has 3 heterocycles. The molecule has 0 amide bonds. The number of anilines is 1. The average molecular weight is 457 g/mol. The van der Waals surface area contributed by atoms with Crippen LogP contribution in [0.3, 0.4) is 0 Å². The minimum atomic E-state index is -0.256. The van der Waals surface area contributed by atoms with Crippen LogP contribution in [0.1, 0.15) is 33.1 Å². The molecule has 0 bridgehead atoms. The van der Waals surface area contributed by atoms with Crippen molar-refractivity contribution in [1.82, 2.24) is 14.8 Å². The lowest BCUT2D eigenvalue weighted by atomic mass is 10.2. The maximum absolute atomic E-state index is 13.2. The van der Waals surface area contributed by atoms with E-state index in [4.69, 9.17) is 4.42 Å². The van der Waals surface area contributed by atoms with E-state index < -0.39 is 0 Å². The number of hydrogen-bond acceptors (Lipinski definition) is 7. The maximum atomic E-state index is 13.2. The molecule has 0 radical (unpaired) electrons. The Balaban J connectivity index is 1.36. The van der Waals surface area contributed by atoms with Crippen LogP contribution in [0.4, 0.5) is 9.52 Å². The van der Waals surface area contributed by atoms with Gasteiger partial charge in [-0.25, -0.2) is 4.39 Å². The first-order valence-corrected chi connectivity index (χ1v) is 11.5. The number of rotatable bonds is 9. The first kappa shape index (κ1) is 21.3. The Morgan fingerprint density at radius 2 is 2.03 bits per heavy atom. The Kier molecular flexibility index (Phi) is 6.53. The summed E-state index contributed by atoms with van der Waals surface area (Å²) in [5.74, 6) is 0.890. The highest BCUT2D eigenvalue weighted by Crippen LogP contribution is 2.27. The lowest BCUT2D eigenvalue weighted by Crippen LogP contribution is -2.07. The fraction of sp³-hybridized carbons (Fsp3) is 0.227. The molecule has 0 aliphatic carbocycles. The molecule has 31 heavy (non-hydrogen) atoms. The monoisotopic (exact) mass is 456 g/mol. The van der Waals surface area contributed by atoms with E-state index >= 15 is 0 Å². The second kappa shape index (κ2) is 9.49. The quantitative estimate of drug-likeness (QED) is 0.271. The highest BCUT2D eigenvalue weighted by Gasteiger charge is 2.17. The summed E-state index contributed by atoms with van der Waals surface area (Å²) in [5.41, 5.74) is 3.59. The summed E-state index contributed by atoms with van der Waals surface area (Å²) in [7, 11) is 0. The number of carbonyl (C=O) groups is 1. The van der Waals surface area contributed by atoms with E-state index in [1.54, 1.807) is 18.4 Å². The van der Waals surface area contributed by atoms with Gasteiger partial charge in [-0.3, -0.25) is 4.79 Å². The first-order valence-electron chi connectivity index (χ1n) is 9.66. The third-order valence-corrected chi connectivity index (χ3v) is 6.87. The standard InChI is InChI=1S/C22H21FN4O2S2/c1-14-10-19(15(2)27(14)12-16-5-7-17(23)8-6-16)20(28)13-30-22-26-25-21(31-22)24-11-18-4-3-9-29-18/h3-10H,11-13H2,1-2H3,(H,24,25). The van der Waals surface area contributed by atoms with Crippen LogP contribution in [0.25, 0.3) is 0 Å². The molecule has 1 N–H and O–H groups in total. The van der Waals surface area contributed by atoms with Crippen molar-refractivity contribution >= 4 is 34.0 Å². The summed E-state index contributed by atoms with van der Waals surface area (Å²) in [6.45, 7) is 5.04. The fourth-order valence-electron chi connectivity index (χ4n) is 3.22. The second-order valence-corrected chi connectivity index (χ2v) is 9.22. The summed E-state index contributed by atoms with van der Waals surface area (Å²) in [6, 6.07) is 12.1. The Bertz CT molecular complexity index is 1170. The zero-order valence-electron chi connectivity index (χ0n) is 17.1. The summed E-state index contributed by atoms with van der Waals surface area (Å²) in [5, 5.41) is 12.1. The van der Waals surface area contributed by atoms with Gasteiger partial charge in [0.05, 0.1) is 18.6 Å². The highest BCUT2D eigenvalue weighted by atomic mass is 32.2. The second-order valence-electron chi connectivity index (χ2n) is 7.02. The first-order chi connectivity index (χ1) is 15.0. The molecule has 0 unspecified atom stereocenters. The van der Waals surface area contributed by atoms with Gasteiger partial charge in [0, 0.05) is 23.5 Å². The smallest absolute Gasteiger partial charge is 0.206 e. The number of benzene rings is 1. The number of carbonyl (C=O) groups excluding carboxylic acids is 1. The lowest BCUT2D eigenvalue weighted by Gasteiger charge is -2.10. The molecule has 9 heteroatoms. The number of halogens is 1. The van der Waals surface area contributed by atoms with Gasteiger partial charge in [0.2, 0.25) is 5.13 Å². The van der Waals surface area contributed by atoms with Crippen molar-refractivity contribution in [2.45, 2.75) is 31.3 Å². The van der Waals surface area contributed by atoms with Crippen LogP contribution in [0.2, 0.25) is 0 Å². The van der Waals surface area contributed by atoms with E-state index in [9.17, 15) is 9.18 Å². The van der Waals surface area contributed by atoms with Gasteiger partial charge in [0.25, 0.3) is 0 Å². The molecule has 4 rings (SSSR count). The van der Waals surface area contributed by atoms with E-state index in [1.807, 2.05) is 32.0 Å². The molecular weight excluding hydrogens is 435 g/mol. The molecular formula is C22H21FN4O2S2. The van der Waals surface area contributed by atoms with E-state index in [0.717, 1.165) is 27.1 Å². The number of nitrogens with zero attached hydrogens (tertiary/aromatic N) is 3. The van der Waals surface area contributed by atoms with E-state index in [2.05, 4.69) is 20.1 Å². The Hall–Kier alpha value is -2.91. The van der Waals surface area contributed by atoms with Crippen molar-refractivity contribution in [3.05, 3.63) is 82.8 Å². The highest BCUT2D eigenvalue weighted by molar-refractivity contribution is 8.01. The zero-order chi connectivity index (χ0) is 21.8. The van der Waals surface area contributed by atoms with Gasteiger partial charge in [-0.05, 0) is 49.7 Å². The maximum Gasteiger partial charge on any atom is 0.206 e. The van der Waals surface area contributed by atoms with Crippen molar-refractivity contribution < 1.29 is 13.6 Å². The van der Waals surface area contributed by atoms with E-state index in [-0.39, 0.29) is 17.4 Å². The van der Waals surface area contributed by atoms with E-state index in [1.165, 1.54) is 35.2 Å². The summed E-state index contributed by atoms with van der Waals surface area (Å²) >= 11 is 2.79. The third kappa shape index (κ3) is 5.23. The molecule has 0 atom stereocenters. The Morgan fingerprint density at radius 3 is 2.77 bits per heavy atom. The molecule has 1 aromatic carbocycles. The normalized spacial score (nSPS) is 11.1. The molecule has 0 saturated heterocycles. The number of nitrogens with one attached hydrogen (secondary N) is 1. The summed E-state index contributed by atoms with van der Waals surface area (Å²) < 4.78 is 21.2. The van der Waals surface area contributed by atoms with Gasteiger partial charge >= 0.3 is 0 Å². The number of furan rings is 1. The minimum absolute atomic E-state index is 0.0451. The van der Waals surface area contributed by atoms with Gasteiger partial charge < -0.3 is 14.3 Å². The van der Waals surface area contributed by atoms with Crippen molar-refractivity contribution in [2.24, 2.45) is 0 Å². The molecule has 0 fully saturated rings. The van der Waals surface area contributed by atoms with Crippen LogP contribution < -0.4 is 5.32 Å². The molecule has 3 aromatic heterocycles. The fourth-order valence-corrected chi connectivity index (χ4v) is 4.85. The van der Waals surface area contributed by atoms with Crippen LogP contribution >= 0.6 is 23.1 Å². The lowest BCUT2D eigenvalue weighted by molar-refractivity contribution is 0.102. The van der Waals surface area contributed by atoms with E-state index in [0.29, 0.717) is 23.8 Å². The van der Waals surface area contributed by atoms with Gasteiger partial charge in [0.15, 0.2) is 10.1 Å². The number of thioether (sulfide) groups is 1. The molecule has 4 aromatic rings. The van der Waals surface area contributed by atoms with Crippen molar-refractivity contribution in [3.63, 3.8) is 0 Å². The number of Topliss-reactive ketones (excluding diaryl/α,β-unsaturated/α-hetero) is 1. The molecule has 0 spiro atoms.